The lowest BCUT2D eigenvalue weighted by Gasteiger charge is -2.27. The van der Waals surface area contributed by atoms with Crippen LogP contribution in [-0.4, -0.2) is 23.4 Å². The van der Waals surface area contributed by atoms with Crippen LogP contribution >= 0.6 is 0 Å². The highest BCUT2D eigenvalue weighted by Crippen LogP contribution is 2.43. The number of hydrogen-bond acceptors (Lipinski definition) is 4. The molecule has 5 nitrogen and oxygen atoms in total. The second-order valence-corrected chi connectivity index (χ2v) is 9.79. The molecule has 5 rings (SSSR count). The summed E-state index contributed by atoms with van der Waals surface area (Å²) >= 11 is 0. The molecule has 1 aliphatic rings. The highest BCUT2D eigenvalue weighted by atomic mass is 16.5. The Kier molecular flexibility index (Phi) is 6.53. The number of carbonyl (C=O) groups is 2. The van der Waals surface area contributed by atoms with Crippen molar-refractivity contribution in [2.75, 3.05) is 11.5 Å². The zero-order valence-corrected chi connectivity index (χ0v) is 21.1. The lowest BCUT2D eigenvalue weighted by molar-refractivity contribution is -0.132. The lowest BCUT2D eigenvalue weighted by Crippen LogP contribution is -2.29. The number of nitrogens with zero attached hydrogens (tertiary/aromatic N) is 1. The quantitative estimate of drug-likeness (QED) is 0.183. The molecular formula is C32H29NO4. The van der Waals surface area contributed by atoms with E-state index in [0.717, 1.165) is 21.9 Å². The van der Waals surface area contributed by atoms with E-state index < -0.39 is 17.7 Å². The molecule has 0 radical (unpaired) electrons. The Balaban J connectivity index is 1.64. The molecule has 1 aliphatic heterocycles. The molecule has 1 fully saturated rings. The third-order valence-corrected chi connectivity index (χ3v) is 6.65. The third kappa shape index (κ3) is 4.60. The van der Waals surface area contributed by atoms with E-state index in [0.29, 0.717) is 29.5 Å². The van der Waals surface area contributed by atoms with E-state index in [1.54, 1.807) is 30.3 Å². The minimum absolute atomic E-state index is 0.0784. The van der Waals surface area contributed by atoms with E-state index in [4.69, 9.17) is 4.74 Å². The number of fused-ring (bicyclic) bond motifs is 1. The van der Waals surface area contributed by atoms with Crippen molar-refractivity contribution in [1.29, 1.82) is 0 Å². The number of carbonyl (C=O) groups excluding carboxylic acids is 2. The Labute approximate surface area is 216 Å². The summed E-state index contributed by atoms with van der Waals surface area (Å²) in [6.07, 6.45) is 0. The van der Waals surface area contributed by atoms with Crippen molar-refractivity contribution in [2.45, 2.75) is 26.8 Å². The maximum Gasteiger partial charge on any atom is 0.300 e. The van der Waals surface area contributed by atoms with Crippen LogP contribution in [0.3, 0.4) is 0 Å². The van der Waals surface area contributed by atoms with Gasteiger partial charge >= 0.3 is 0 Å². The van der Waals surface area contributed by atoms with E-state index >= 15 is 0 Å². The van der Waals surface area contributed by atoms with Crippen molar-refractivity contribution in [1.82, 2.24) is 0 Å². The van der Waals surface area contributed by atoms with Crippen molar-refractivity contribution < 1.29 is 19.4 Å². The molecule has 1 atom stereocenters. The molecule has 186 valence electrons. The normalized spacial score (nSPS) is 17.1. The summed E-state index contributed by atoms with van der Waals surface area (Å²) in [6.45, 7) is 6.67. The standard InChI is InChI=1S/C32H29NO4/c1-20(2)19-37-26-16-14-25(15-17-26)33-29(27-11-7-4-8-21(27)3)28(31(35)32(33)36)30(34)24-13-12-22-9-5-6-10-23(22)18-24/h4-18,20,29,34H,19H2,1-3H3/b30-28+. The average Bonchev–Trinajstić information content (AvgIpc) is 3.17. The smallest absolute Gasteiger partial charge is 0.300 e. The molecular weight excluding hydrogens is 462 g/mol. The number of hydrogen-bond donors (Lipinski definition) is 1. The second kappa shape index (κ2) is 9.94. The fourth-order valence-electron chi connectivity index (χ4n) is 4.74. The molecule has 0 aromatic heterocycles. The van der Waals surface area contributed by atoms with Crippen LogP contribution in [0, 0.1) is 12.8 Å². The van der Waals surface area contributed by atoms with Crippen LogP contribution < -0.4 is 9.64 Å². The van der Waals surface area contributed by atoms with Gasteiger partial charge in [-0.1, -0.05) is 74.5 Å². The SMILES string of the molecule is Cc1ccccc1C1/C(=C(\O)c2ccc3ccccc3c2)C(=O)C(=O)N1c1ccc(OCC(C)C)cc1. The van der Waals surface area contributed by atoms with Crippen LogP contribution in [0.15, 0.2) is 96.6 Å². The molecule has 1 N–H and O–H groups in total. The van der Waals surface area contributed by atoms with Crippen LogP contribution in [0.1, 0.15) is 36.6 Å². The summed E-state index contributed by atoms with van der Waals surface area (Å²) in [7, 11) is 0. The van der Waals surface area contributed by atoms with Gasteiger partial charge in [-0.25, -0.2) is 0 Å². The molecule has 37 heavy (non-hydrogen) atoms. The predicted octanol–water partition coefficient (Wildman–Crippen LogP) is 6.81. The van der Waals surface area contributed by atoms with Gasteiger partial charge in [0, 0.05) is 11.3 Å². The number of amides is 1. The monoisotopic (exact) mass is 491 g/mol. The molecule has 1 saturated heterocycles. The predicted molar refractivity (Wildman–Crippen MR) is 147 cm³/mol. The number of anilines is 1. The highest BCUT2D eigenvalue weighted by Gasteiger charge is 2.47. The summed E-state index contributed by atoms with van der Waals surface area (Å²) in [5.74, 6) is -0.492. The van der Waals surface area contributed by atoms with E-state index in [9.17, 15) is 14.7 Å². The number of Topliss-reactive ketones (excluding diaryl/α,β-unsaturated/α-hetero) is 1. The molecule has 5 heteroatoms. The summed E-state index contributed by atoms with van der Waals surface area (Å²) in [4.78, 5) is 28.4. The van der Waals surface area contributed by atoms with Crippen LogP contribution in [0.5, 0.6) is 5.75 Å². The van der Waals surface area contributed by atoms with E-state index in [-0.39, 0.29) is 11.3 Å². The van der Waals surface area contributed by atoms with Gasteiger partial charge in [0.2, 0.25) is 0 Å². The van der Waals surface area contributed by atoms with Crippen LogP contribution in [-0.2, 0) is 9.59 Å². The van der Waals surface area contributed by atoms with Gasteiger partial charge in [-0.05, 0) is 65.1 Å². The number of aliphatic hydroxyl groups excluding tert-OH is 1. The Morgan fingerprint density at radius 1 is 0.892 bits per heavy atom. The second-order valence-electron chi connectivity index (χ2n) is 9.79. The molecule has 0 aliphatic carbocycles. The van der Waals surface area contributed by atoms with Crippen molar-refractivity contribution >= 4 is 33.9 Å². The largest absolute Gasteiger partial charge is 0.507 e. The first-order chi connectivity index (χ1) is 17.8. The zero-order valence-electron chi connectivity index (χ0n) is 21.1. The summed E-state index contributed by atoms with van der Waals surface area (Å²) < 4.78 is 5.80. The first-order valence-electron chi connectivity index (χ1n) is 12.4. The Morgan fingerprint density at radius 2 is 1.57 bits per heavy atom. The fraction of sp³-hybridized carbons (Fsp3) is 0.188. The lowest BCUT2D eigenvalue weighted by atomic mass is 9.92. The van der Waals surface area contributed by atoms with E-state index in [2.05, 4.69) is 13.8 Å². The summed E-state index contributed by atoms with van der Waals surface area (Å²) in [5.41, 5.74) is 2.83. The van der Waals surface area contributed by atoms with Crippen LogP contribution in [0.2, 0.25) is 0 Å². The number of benzene rings is 4. The molecule has 1 unspecified atom stereocenters. The average molecular weight is 492 g/mol. The number of aliphatic hydroxyl groups is 1. The fourth-order valence-corrected chi connectivity index (χ4v) is 4.74. The molecule has 1 heterocycles. The number of ketones is 1. The Morgan fingerprint density at radius 3 is 2.27 bits per heavy atom. The maximum absolute atomic E-state index is 13.5. The molecule has 4 aromatic carbocycles. The Hall–Kier alpha value is -4.38. The summed E-state index contributed by atoms with van der Waals surface area (Å²) in [5, 5.41) is 13.4. The number of ether oxygens (including phenoxy) is 1. The summed E-state index contributed by atoms with van der Waals surface area (Å²) in [6, 6.07) is 27.3. The van der Waals surface area contributed by atoms with Crippen LogP contribution in [0.4, 0.5) is 5.69 Å². The third-order valence-electron chi connectivity index (χ3n) is 6.65. The number of rotatable bonds is 6. The van der Waals surface area contributed by atoms with Gasteiger partial charge in [0.15, 0.2) is 0 Å². The topological polar surface area (TPSA) is 66.8 Å². The molecule has 0 bridgehead atoms. The minimum Gasteiger partial charge on any atom is -0.507 e. The first kappa shape index (κ1) is 24.3. The van der Waals surface area contributed by atoms with Crippen molar-refractivity contribution in [3.8, 4) is 5.75 Å². The van der Waals surface area contributed by atoms with Crippen molar-refractivity contribution in [3.63, 3.8) is 0 Å². The number of aryl methyl sites for hydroxylation is 1. The van der Waals surface area contributed by atoms with Gasteiger partial charge in [0.05, 0.1) is 18.2 Å². The molecule has 0 saturated carbocycles. The molecule has 4 aromatic rings. The van der Waals surface area contributed by atoms with E-state index in [1.165, 1.54) is 4.90 Å². The maximum atomic E-state index is 13.5. The van der Waals surface area contributed by atoms with Gasteiger partial charge < -0.3 is 9.84 Å². The van der Waals surface area contributed by atoms with Crippen molar-refractivity contribution in [3.05, 3.63) is 113 Å². The first-order valence-corrected chi connectivity index (χ1v) is 12.4. The van der Waals surface area contributed by atoms with Crippen molar-refractivity contribution in [2.24, 2.45) is 5.92 Å². The minimum atomic E-state index is -0.768. The molecule has 1 amide bonds. The molecule has 0 spiro atoms. The zero-order chi connectivity index (χ0) is 26.1. The van der Waals surface area contributed by atoms with E-state index in [1.807, 2.05) is 67.6 Å². The van der Waals surface area contributed by atoms with Gasteiger partial charge in [0.25, 0.3) is 11.7 Å². The van der Waals surface area contributed by atoms with Gasteiger partial charge in [-0.3, -0.25) is 14.5 Å². The van der Waals surface area contributed by atoms with Crippen LogP contribution in [0.25, 0.3) is 16.5 Å². The Bertz CT molecular complexity index is 1520. The van der Waals surface area contributed by atoms with Gasteiger partial charge in [-0.2, -0.15) is 0 Å². The van der Waals surface area contributed by atoms with Gasteiger partial charge in [-0.15, -0.1) is 0 Å². The van der Waals surface area contributed by atoms with Gasteiger partial charge in [0.1, 0.15) is 11.5 Å². The highest BCUT2D eigenvalue weighted by molar-refractivity contribution is 6.51.